The van der Waals surface area contributed by atoms with E-state index in [0.29, 0.717) is 10.9 Å². The largest absolute Gasteiger partial charge is 0.340 e. The Kier molecular flexibility index (Phi) is 4.36. The summed E-state index contributed by atoms with van der Waals surface area (Å²) in [7, 11) is 0. The molecule has 1 aromatic rings. The van der Waals surface area contributed by atoms with Gasteiger partial charge in [-0.1, -0.05) is 55.2 Å². The van der Waals surface area contributed by atoms with Crippen LogP contribution in [0.15, 0.2) is 40.9 Å². The molecule has 2 aliphatic heterocycles. The maximum atomic E-state index is 12.6. The Morgan fingerprint density at radius 2 is 1.91 bits per heavy atom. The first kappa shape index (κ1) is 15.3. The number of carbonyl (C=O) groups is 1. The number of thioether (sulfide) groups is 1. The summed E-state index contributed by atoms with van der Waals surface area (Å²) in [4.78, 5) is 17.2. The monoisotopic (exact) mass is 330 g/mol. The second kappa shape index (κ2) is 6.26. The maximum Gasteiger partial charge on any atom is 0.268 e. The second-order valence-corrected chi connectivity index (χ2v) is 6.82. The van der Waals surface area contributed by atoms with Gasteiger partial charge in [-0.15, -0.1) is 0 Å². The quantitative estimate of drug-likeness (QED) is 0.617. The van der Waals surface area contributed by atoms with Crippen molar-refractivity contribution in [1.29, 1.82) is 0 Å². The van der Waals surface area contributed by atoms with Crippen LogP contribution in [-0.2, 0) is 4.79 Å². The lowest BCUT2D eigenvalue weighted by Crippen LogP contribution is -2.30. The first-order chi connectivity index (χ1) is 10.7. The molecule has 0 aliphatic carbocycles. The van der Waals surface area contributed by atoms with Crippen LogP contribution in [0.4, 0.5) is 5.69 Å². The molecule has 1 amide bonds. The molecule has 2 heterocycles. The normalized spacial score (nSPS) is 20.8. The van der Waals surface area contributed by atoms with Crippen molar-refractivity contribution in [1.82, 2.24) is 4.90 Å². The standard InChI is InChI=1S/C17H18N2OS2/c1-3-11-19-13-8-6-5-7-12(13)9-10-14(19)15-16(20)18(4-2)17(21)22-15/h5-10H,3-4,11H2,1-2H3/b15-14-. The van der Waals surface area contributed by atoms with E-state index in [0.717, 1.165) is 29.3 Å². The molecule has 0 saturated carbocycles. The van der Waals surface area contributed by atoms with Crippen molar-refractivity contribution in [2.45, 2.75) is 20.3 Å². The van der Waals surface area contributed by atoms with Gasteiger partial charge >= 0.3 is 0 Å². The number of thiocarbonyl (C=S) groups is 1. The highest BCUT2D eigenvalue weighted by molar-refractivity contribution is 8.26. The van der Waals surface area contributed by atoms with Gasteiger partial charge in [0.1, 0.15) is 9.23 Å². The molecule has 22 heavy (non-hydrogen) atoms. The van der Waals surface area contributed by atoms with Crippen molar-refractivity contribution in [3.63, 3.8) is 0 Å². The zero-order chi connectivity index (χ0) is 15.7. The van der Waals surface area contributed by atoms with E-state index in [1.165, 1.54) is 17.3 Å². The van der Waals surface area contributed by atoms with Gasteiger partial charge in [0.15, 0.2) is 0 Å². The van der Waals surface area contributed by atoms with Gasteiger partial charge in [-0.2, -0.15) is 0 Å². The summed E-state index contributed by atoms with van der Waals surface area (Å²) in [6, 6.07) is 8.28. The Morgan fingerprint density at radius 1 is 1.14 bits per heavy atom. The zero-order valence-electron chi connectivity index (χ0n) is 12.7. The Balaban J connectivity index is 2.09. The first-order valence-corrected chi connectivity index (χ1v) is 8.72. The zero-order valence-corrected chi connectivity index (χ0v) is 14.3. The predicted molar refractivity (Wildman–Crippen MR) is 97.7 cm³/mol. The minimum absolute atomic E-state index is 0.0256. The third-order valence-electron chi connectivity index (χ3n) is 3.78. The SMILES string of the molecule is CCCN1/C(=C2\SC(=S)N(CC)C2=O)C=Cc2ccccc21. The third-order valence-corrected chi connectivity index (χ3v) is 5.24. The van der Waals surface area contributed by atoms with Crippen LogP contribution in [-0.4, -0.2) is 28.2 Å². The fourth-order valence-corrected chi connectivity index (χ4v) is 4.19. The second-order valence-electron chi connectivity index (χ2n) is 5.18. The molecule has 0 unspecified atom stereocenters. The molecule has 0 bridgehead atoms. The van der Waals surface area contributed by atoms with E-state index in [4.69, 9.17) is 12.2 Å². The molecule has 3 rings (SSSR count). The lowest BCUT2D eigenvalue weighted by atomic mass is 10.1. The van der Waals surface area contributed by atoms with Gasteiger partial charge in [-0.05, 0) is 31.1 Å². The van der Waals surface area contributed by atoms with E-state index >= 15 is 0 Å². The molecular weight excluding hydrogens is 312 g/mol. The molecule has 1 aromatic carbocycles. The van der Waals surface area contributed by atoms with Crippen LogP contribution in [0.3, 0.4) is 0 Å². The van der Waals surface area contributed by atoms with Crippen LogP contribution in [0.25, 0.3) is 6.08 Å². The number of carbonyl (C=O) groups excluding carboxylic acids is 1. The van der Waals surface area contributed by atoms with Gasteiger partial charge in [-0.3, -0.25) is 9.69 Å². The molecular formula is C17H18N2OS2. The number of hydrogen-bond acceptors (Lipinski definition) is 4. The van der Waals surface area contributed by atoms with Crippen molar-refractivity contribution in [3.05, 3.63) is 46.5 Å². The van der Waals surface area contributed by atoms with Gasteiger partial charge in [-0.25, -0.2) is 0 Å². The topological polar surface area (TPSA) is 23.6 Å². The predicted octanol–water partition coefficient (Wildman–Crippen LogP) is 4.02. The number of allylic oxidation sites excluding steroid dienone is 1. The Hall–Kier alpha value is -1.59. The molecule has 0 spiro atoms. The molecule has 0 radical (unpaired) electrons. The van der Waals surface area contributed by atoms with E-state index in [9.17, 15) is 4.79 Å². The van der Waals surface area contributed by atoms with Crippen molar-refractivity contribution in [3.8, 4) is 0 Å². The Bertz CT molecular complexity index is 694. The fourth-order valence-electron chi connectivity index (χ4n) is 2.75. The molecule has 1 fully saturated rings. The van der Waals surface area contributed by atoms with E-state index in [1.54, 1.807) is 4.90 Å². The summed E-state index contributed by atoms with van der Waals surface area (Å²) >= 11 is 6.75. The minimum atomic E-state index is 0.0256. The van der Waals surface area contributed by atoms with Crippen LogP contribution in [0.5, 0.6) is 0 Å². The van der Waals surface area contributed by atoms with Gasteiger partial charge < -0.3 is 4.90 Å². The molecule has 1 saturated heterocycles. The summed E-state index contributed by atoms with van der Waals surface area (Å²) in [5.74, 6) is 0.0256. The highest BCUT2D eigenvalue weighted by atomic mass is 32.2. The summed E-state index contributed by atoms with van der Waals surface area (Å²) < 4.78 is 0.652. The molecule has 2 aliphatic rings. The van der Waals surface area contributed by atoms with Crippen LogP contribution in [0.2, 0.25) is 0 Å². The van der Waals surface area contributed by atoms with Crippen molar-refractivity contribution in [2.75, 3.05) is 18.0 Å². The number of anilines is 1. The molecule has 0 N–H and O–H groups in total. The number of amides is 1. The van der Waals surface area contributed by atoms with Crippen molar-refractivity contribution >= 4 is 46.0 Å². The van der Waals surface area contributed by atoms with Crippen LogP contribution < -0.4 is 4.90 Å². The number of likely N-dealkylation sites (N-methyl/N-ethyl adjacent to an activating group) is 1. The minimum Gasteiger partial charge on any atom is -0.340 e. The summed E-state index contributed by atoms with van der Waals surface area (Å²) in [5, 5.41) is 0. The Morgan fingerprint density at radius 3 is 2.59 bits per heavy atom. The molecule has 114 valence electrons. The van der Waals surface area contributed by atoms with Gasteiger partial charge in [0.2, 0.25) is 0 Å². The van der Waals surface area contributed by atoms with Crippen LogP contribution >= 0.6 is 24.0 Å². The summed E-state index contributed by atoms with van der Waals surface area (Å²) in [5.41, 5.74) is 3.31. The number of rotatable bonds is 3. The third kappa shape index (κ3) is 2.48. The average molecular weight is 330 g/mol. The number of fused-ring (bicyclic) bond motifs is 1. The molecule has 0 atom stereocenters. The maximum absolute atomic E-state index is 12.6. The lowest BCUT2D eigenvalue weighted by Gasteiger charge is -2.31. The average Bonchev–Trinajstić information content (AvgIpc) is 2.82. The van der Waals surface area contributed by atoms with E-state index in [1.807, 2.05) is 25.1 Å². The van der Waals surface area contributed by atoms with Crippen LogP contribution in [0.1, 0.15) is 25.8 Å². The number of benzene rings is 1. The summed E-state index contributed by atoms with van der Waals surface area (Å²) in [6.07, 6.45) is 5.13. The van der Waals surface area contributed by atoms with Gasteiger partial charge in [0.05, 0.1) is 5.70 Å². The number of hydrogen-bond donors (Lipinski definition) is 0. The van der Waals surface area contributed by atoms with Gasteiger partial charge in [0.25, 0.3) is 5.91 Å². The van der Waals surface area contributed by atoms with Crippen LogP contribution in [0, 0.1) is 0 Å². The summed E-state index contributed by atoms with van der Waals surface area (Å²) in [6.45, 7) is 5.60. The number of para-hydroxylation sites is 1. The van der Waals surface area contributed by atoms with Crippen molar-refractivity contribution < 1.29 is 4.79 Å². The molecule has 3 nitrogen and oxygen atoms in total. The molecule has 5 heteroatoms. The Labute approximate surface area is 140 Å². The number of nitrogens with zero attached hydrogens (tertiary/aromatic N) is 2. The van der Waals surface area contributed by atoms with Crippen molar-refractivity contribution in [2.24, 2.45) is 0 Å². The van der Waals surface area contributed by atoms with E-state index in [2.05, 4.69) is 30.0 Å². The lowest BCUT2D eigenvalue weighted by molar-refractivity contribution is -0.122. The smallest absolute Gasteiger partial charge is 0.268 e. The molecule has 0 aromatic heterocycles. The first-order valence-electron chi connectivity index (χ1n) is 7.50. The fraction of sp³-hybridized carbons (Fsp3) is 0.294. The highest BCUT2D eigenvalue weighted by Gasteiger charge is 2.35. The van der Waals surface area contributed by atoms with Gasteiger partial charge in [0, 0.05) is 18.8 Å². The highest BCUT2D eigenvalue weighted by Crippen LogP contribution is 2.39. The van der Waals surface area contributed by atoms with E-state index < -0.39 is 0 Å². The van der Waals surface area contributed by atoms with E-state index in [-0.39, 0.29) is 5.91 Å².